The van der Waals surface area contributed by atoms with E-state index >= 15 is 0 Å². The highest BCUT2D eigenvalue weighted by Crippen LogP contribution is 2.13. The minimum atomic E-state index is -0.760. The molecule has 28 heavy (non-hydrogen) atoms. The summed E-state index contributed by atoms with van der Waals surface area (Å²) in [6.07, 6.45) is 4.79. The van der Waals surface area contributed by atoms with Gasteiger partial charge in [-0.25, -0.2) is 10.2 Å². The van der Waals surface area contributed by atoms with Crippen molar-refractivity contribution in [2.75, 3.05) is 0 Å². The number of hydrogen-bond donors (Lipinski definition) is 2. The van der Waals surface area contributed by atoms with E-state index in [1.807, 2.05) is 32.0 Å². The SMILES string of the molecule is CC[C@@H](C)[C@@H](NC(=O)OC(C)(C)C)C(=O)N/N=C\c1cccc2nccnc12. The minimum Gasteiger partial charge on any atom is -0.444 e. The second kappa shape index (κ2) is 9.25. The largest absolute Gasteiger partial charge is 0.444 e. The number of nitrogens with zero attached hydrogens (tertiary/aromatic N) is 3. The zero-order valence-corrected chi connectivity index (χ0v) is 16.9. The first-order chi connectivity index (χ1) is 13.2. The molecule has 0 bridgehead atoms. The number of hydrogen-bond acceptors (Lipinski definition) is 6. The van der Waals surface area contributed by atoms with Crippen LogP contribution in [0, 0.1) is 5.92 Å². The Kier molecular flexibility index (Phi) is 7.03. The van der Waals surface area contributed by atoms with E-state index in [1.165, 1.54) is 6.21 Å². The van der Waals surface area contributed by atoms with Crippen molar-refractivity contribution in [3.8, 4) is 0 Å². The topological polar surface area (TPSA) is 106 Å². The lowest BCUT2D eigenvalue weighted by Crippen LogP contribution is -2.50. The molecule has 2 atom stereocenters. The average molecular weight is 385 g/mol. The molecule has 8 nitrogen and oxygen atoms in total. The number of ether oxygens (including phenoxy) is 1. The number of benzene rings is 1. The van der Waals surface area contributed by atoms with Gasteiger partial charge in [-0.15, -0.1) is 0 Å². The molecule has 0 spiro atoms. The number of alkyl carbamates (subject to hydrolysis) is 1. The number of amides is 2. The van der Waals surface area contributed by atoms with Gasteiger partial charge in [0.2, 0.25) is 0 Å². The van der Waals surface area contributed by atoms with E-state index in [-0.39, 0.29) is 5.92 Å². The molecule has 0 fully saturated rings. The fraction of sp³-hybridized carbons (Fsp3) is 0.450. The second-order valence-electron chi connectivity index (χ2n) is 7.51. The highest BCUT2D eigenvalue weighted by Gasteiger charge is 2.28. The van der Waals surface area contributed by atoms with Crippen LogP contribution in [0.1, 0.15) is 46.6 Å². The van der Waals surface area contributed by atoms with Gasteiger partial charge in [-0.2, -0.15) is 5.10 Å². The number of nitrogens with one attached hydrogen (secondary N) is 2. The molecule has 2 aromatic rings. The highest BCUT2D eigenvalue weighted by molar-refractivity contribution is 5.96. The molecule has 8 heteroatoms. The van der Waals surface area contributed by atoms with E-state index in [1.54, 1.807) is 33.2 Å². The zero-order chi connectivity index (χ0) is 20.7. The third-order valence-electron chi connectivity index (χ3n) is 4.08. The predicted octanol–water partition coefficient (Wildman–Crippen LogP) is 3.02. The average Bonchev–Trinajstić information content (AvgIpc) is 2.64. The Balaban J connectivity index is 2.08. The second-order valence-corrected chi connectivity index (χ2v) is 7.51. The molecule has 0 saturated carbocycles. The van der Waals surface area contributed by atoms with Crippen molar-refractivity contribution >= 4 is 29.2 Å². The van der Waals surface area contributed by atoms with E-state index in [9.17, 15) is 9.59 Å². The van der Waals surface area contributed by atoms with Crippen molar-refractivity contribution in [3.63, 3.8) is 0 Å². The van der Waals surface area contributed by atoms with Crippen LogP contribution >= 0.6 is 0 Å². The molecule has 150 valence electrons. The minimum absolute atomic E-state index is 0.0915. The Morgan fingerprint density at radius 1 is 1.25 bits per heavy atom. The van der Waals surface area contributed by atoms with Crippen LogP contribution < -0.4 is 10.7 Å². The van der Waals surface area contributed by atoms with Crippen LogP contribution in [-0.2, 0) is 9.53 Å². The molecule has 0 aliphatic carbocycles. The lowest BCUT2D eigenvalue weighted by Gasteiger charge is -2.25. The van der Waals surface area contributed by atoms with E-state index < -0.39 is 23.6 Å². The molecule has 2 rings (SSSR count). The molecule has 2 amide bonds. The summed E-state index contributed by atoms with van der Waals surface area (Å²) in [5, 5.41) is 6.66. The molecule has 2 N–H and O–H groups in total. The summed E-state index contributed by atoms with van der Waals surface area (Å²) in [6.45, 7) is 9.12. The van der Waals surface area contributed by atoms with Crippen molar-refractivity contribution in [2.45, 2.75) is 52.7 Å². The van der Waals surface area contributed by atoms with Gasteiger partial charge in [-0.05, 0) is 32.8 Å². The van der Waals surface area contributed by atoms with Gasteiger partial charge in [0, 0.05) is 18.0 Å². The van der Waals surface area contributed by atoms with Crippen LogP contribution in [0.3, 0.4) is 0 Å². The van der Waals surface area contributed by atoms with Crippen molar-refractivity contribution < 1.29 is 14.3 Å². The first-order valence-corrected chi connectivity index (χ1v) is 9.23. The number of carbonyl (C=O) groups is 2. The van der Waals surface area contributed by atoms with Gasteiger partial charge >= 0.3 is 6.09 Å². The Hall–Kier alpha value is -3.03. The van der Waals surface area contributed by atoms with Crippen molar-refractivity contribution in [2.24, 2.45) is 11.0 Å². The third kappa shape index (κ3) is 6.00. The molecule has 1 aromatic heterocycles. The van der Waals surface area contributed by atoms with Gasteiger partial charge in [-0.1, -0.05) is 32.4 Å². The molecule has 0 radical (unpaired) electrons. The Bertz CT molecular complexity index is 855. The molecule has 1 aromatic carbocycles. The van der Waals surface area contributed by atoms with Crippen LogP contribution in [0.4, 0.5) is 4.79 Å². The first-order valence-electron chi connectivity index (χ1n) is 9.23. The Morgan fingerprint density at radius 3 is 2.64 bits per heavy atom. The van der Waals surface area contributed by atoms with Crippen LogP contribution in [0.2, 0.25) is 0 Å². The van der Waals surface area contributed by atoms with E-state index in [2.05, 4.69) is 25.8 Å². The maximum Gasteiger partial charge on any atom is 0.408 e. The highest BCUT2D eigenvalue weighted by atomic mass is 16.6. The molecule has 1 heterocycles. The molecule has 0 saturated heterocycles. The molecular formula is C20H27N5O3. The molecule has 0 aliphatic rings. The summed E-state index contributed by atoms with van der Waals surface area (Å²) < 4.78 is 5.25. The summed E-state index contributed by atoms with van der Waals surface area (Å²) in [4.78, 5) is 33.2. The third-order valence-corrected chi connectivity index (χ3v) is 4.08. The van der Waals surface area contributed by atoms with Crippen molar-refractivity contribution in [1.29, 1.82) is 0 Å². The van der Waals surface area contributed by atoms with Gasteiger partial charge < -0.3 is 10.1 Å². The molecular weight excluding hydrogens is 358 g/mol. The molecule has 0 unspecified atom stereocenters. The van der Waals surface area contributed by atoms with E-state index in [4.69, 9.17) is 4.74 Å². The summed E-state index contributed by atoms with van der Waals surface area (Å²) >= 11 is 0. The van der Waals surface area contributed by atoms with Crippen LogP contribution in [0.15, 0.2) is 35.7 Å². The van der Waals surface area contributed by atoms with Gasteiger partial charge in [0.1, 0.15) is 11.6 Å². The van der Waals surface area contributed by atoms with E-state index in [0.29, 0.717) is 11.9 Å². The number of para-hydroxylation sites is 1. The first kappa shape index (κ1) is 21.3. The number of fused-ring (bicyclic) bond motifs is 1. The quantitative estimate of drug-likeness (QED) is 0.587. The van der Waals surface area contributed by atoms with E-state index in [0.717, 1.165) is 11.1 Å². The maximum absolute atomic E-state index is 12.6. The normalized spacial score (nSPS) is 13.9. The Morgan fingerprint density at radius 2 is 1.96 bits per heavy atom. The lowest BCUT2D eigenvalue weighted by atomic mass is 9.99. The number of carbonyl (C=O) groups excluding carboxylic acids is 2. The fourth-order valence-electron chi connectivity index (χ4n) is 2.49. The van der Waals surface area contributed by atoms with Gasteiger partial charge in [0.25, 0.3) is 5.91 Å². The van der Waals surface area contributed by atoms with Crippen LogP contribution in [0.5, 0.6) is 0 Å². The van der Waals surface area contributed by atoms with Crippen LogP contribution in [-0.4, -0.2) is 39.8 Å². The summed E-state index contributed by atoms with van der Waals surface area (Å²) in [5.74, 6) is -0.506. The number of rotatable bonds is 6. The van der Waals surface area contributed by atoms with Gasteiger partial charge in [-0.3, -0.25) is 14.8 Å². The summed E-state index contributed by atoms with van der Waals surface area (Å²) in [7, 11) is 0. The smallest absolute Gasteiger partial charge is 0.408 e. The molecule has 0 aliphatic heterocycles. The summed E-state index contributed by atoms with van der Waals surface area (Å²) in [6, 6.07) is 4.76. The monoisotopic (exact) mass is 385 g/mol. The van der Waals surface area contributed by atoms with Crippen molar-refractivity contribution in [3.05, 3.63) is 36.2 Å². The van der Waals surface area contributed by atoms with Gasteiger partial charge in [0.05, 0.1) is 17.2 Å². The fourth-order valence-corrected chi connectivity index (χ4v) is 2.49. The zero-order valence-electron chi connectivity index (χ0n) is 16.9. The maximum atomic E-state index is 12.6. The van der Waals surface area contributed by atoms with Crippen molar-refractivity contribution in [1.82, 2.24) is 20.7 Å². The lowest BCUT2D eigenvalue weighted by molar-refractivity contribution is -0.124. The number of aromatic nitrogens is 2. The standard InChI is InChI=1S/C20H27N5O3/c1-6-13(2)16(24-19(27)28-20(3,4)5)18(26)25-23-12-14-8-7-9-15-17(14)22-11-10-21-15/h7-13,16H,6H2,1-5H3,(H,24,27)(H,25,26)/b23-12-/t13-,16-/m1/s1. The predicted molar refractivity (Wildman–Crippen MR) is 108 cm³/mol. The Labute approximate surface area is 164 Å². The van der Waals surface area contributed by atoms with Gasteiger partial charge in [0.15, 0.2) is 0 Å². The van der Waals surface area contributed by atoms with Crippen LogP contribution in [0.25, 0.3) is 11.0 Å². The summed E-state index contributed by atoms with van der Waals surface area (Å²) in [5.41, 5.74) is 4.00. The number of hydrazone groups is 1.